The predicted molar refractivity (Wildman–Crippen MR) is 87.9 cm³/mol. The summed E-state index contributed by atoms with van der Waals surface area (Å²) in [7, 11) is 0. The van der Waals surface area contributed by atoms with Gasteiger partial charge >= 0.3 is 0 Å². The molecule has 0 aliphatic carbocycles. The van der Waals surface area contributed by atoms with Gasteiger partial charge in [0.05, 0.1) is 24.6 Å². The number of rotatable bonds is 9. The first-order chi connectivity index (χ1) is 11.4. The van der Waals surface area contributed by atoms with Gasteiger partial charge in [-0.2, -0.15) is 5.10 Å². The Morgan fingerprint density at radius 3 is 3.22 bits per heavy atom. The Morgan fingerprint density at radius 2 is 2.39 bits per heavy atom. The number of aromatic nitrogens is 3. The molecule has 1 saturated heterocycles. The van der Waals surface area contributed by atoms with Crippen molar-refractivity contribution >= 4 is 0 Å². The number of aromatic amines is 1. The minimum absolute atomic E-state index is 0.316. The largest absolute Gasteiger partial charge is 0.379 e. The van der Waals surface area contributed by atoms with Crippen LogP contribution in [0.1, 0.15) is 24.8 Å². The first-order valence-electron chi connectivity index (χ1n) is 8.26. The standard InChI is InChI=1S/C17H24N4O2/c1-4-14(10-18-6-1)17-15(12-20-21-17)11-19-7-3-8-22-13-16-5-2-9-23-16/h1,4,6,10,12,16,19H,2-3,5,7-9,11,13H2,(H,20,21). The van der Waals surface area contributed by atoms with Crippen LogP contribution >= 0.6 is 0 Å². The van der Waals surface area contributed by atoms with Gasteiger partial charge in [0.2, 0.25) is 0 Å². The second-order valence-corrected chi connectivity index (χ2v) is 5.75. The number of hydrogen-bond acceptors (Lipinski definition) is 5. The lowest BCUT2D eigenvalue weighted by atomic mass is 10.1. The van der Waals surface area contributed by atoms with Crippen LogP contribution in [-0.2, 0) is 16.0 Å². The van der Waals surface area contributed by atoms with E-state index in [-0.39, 0.29) is 0 Å². The van der Waals surface area contributed by atoms with Gasteiger partial charge in [0, 0.05) is 43.3 Å². The molecule has 2 aromatic heterocycles. The highest BCUT2D eigenvalue weighted by Crippen LogP contribution is 2.19. The highest BCUT2D eigenvalue weighted by atomic mass is 16.5. The van der Waals surface area contributed by atoms with Gasteiger partial charge in [-0.1, -0.05) is 0 Å². The summed E-state index contributed by atoms with van der Waals surface area (Å²) in [6.45, 7) is 4.09. The summed E-state index contributed by atoms with van der Waals surface area (Å²) < 4.78 is 11.2. The van der Waals surface area contributed by atoms with Crippen molar-refractivity contribution in [1.82, 2.24) is 20.5 Å². The van der Waals surface area contributed by atoms with Crippen molar-refractivity contribution in [2.45, 2.75) is 31.9 Å². The van der Waals surface area contributed by atoms with Crippen molar-refractivity contribution in [3.8, 4) is 11.3 Å². The summed E-state index contributed by atoms with van der Waals surface area (Å²) >= 11 is 0. The normalized spacial score (nSPS) is 17.7. The Labute approximate surface area is 136 Å². The van der Waals surface area contributed by atoms with Crippen molar-refractivity contribution in [2.24, 2.45) is 0 Å². The molecule has 6 heteroatoms. The van der Waals surface area contributed by atoms with E-state index in [1.54, 1.807) is 6.20 Å². The molecule has 2 N–H and O–H groups in total. The van der Waals surface area contributed by atoms with E-state index in [4.69, 9.17) is 9.47 Å². The Hall–Kier alpha value is -1.76. The molecule has 2 aromatic rings. The number of hydrogen-bond donors (Lipinski definition) is 2. The Balaban J connectivity index is 1.33. The van der Waals surface area contributed by atoms with E-state index in [1.807, 2.05) is 24.5 Å². The van der Waals surface area contributed by atoms with Gasteiger partial charge in [-0.25, -0.2) is 0 Å². The molecule has 1 unspecified atom stereocenters. The second-order valence-electron chi connectivity index (χ2n) is 5.75. The van der Waals surface area contributed by atoms with E-state index >= 15 is 0 Å². The van der Waals surface area contributed by atoms with E-state index in [0.29, 0.717) is 6.10 Å². The topological polar surface area (TPSA) is 72.1 Å². The molecule has 0 amide bonds. The van der Waals surface area contributed by atoms with Gasteiger partial charge in [-0.3, -0.25) is 10.1 Å². The minimum atomic E-state index is 0.316. The van der Waals surface area contributed by atoms with Crippen molar-refractivity contribution in [1.29, 1.82) is 0 Å². The fourth-order valence-electron chi connectivity index (χ4n) is 2.72. The van der Waals surface area contributed by atoms with Gasteiger partial charge in [-0.15, -0.1) is 0 Å². The fourth-order valence-corrected chi connectivity index (χ4v) is 2.72. The third-order valence-corrected chi connectivity index (χ3v) is 3.95. The molecule has 0 saturated carbocycles. The smallest absolute Gasteiger partial charge is 0.0809 e. The van der Waals surface area contributed by atoms with Crippen molar-refractivity contribution in [3.63, 3.8) is 0 Å². The Morgan fingerprint density at radius 1 is 1.39 bits per heavy atom. The summed E-state index contributed by atoms with van der Waals surface area (Å²) in [5, 5.41) is 10.6. The zero-order valence-corrected chi connectivity index (χ0v) is 13.3. The number of nitrogens with zero attached hydrogens (tertiary/aromatic N) is 2. The van der Waals surface area contributed by atoms with Crippen LogP contribution in [0.3, 0.4) is 0 Å². The maximum Gasteiger partial charge on any atom is 0.0809 e. The minimum Gasteiger partial charge on any atom is -0.379 e. The van der Waals surface area contributed by atoms with Crippen molar-refractivity contribution in [2.75, 3.05) is 26.4 Å². The SMILES string of the molecule is c1cncc(-c2[nH]ncc2CNCCCOCC2CCCO2)c1. The van der Waals surface area contributed by atoms with E-state index < -0.39 is 0 Å². The first-order valence-corrected chi connectivity index (χ1v) is 8.26. The average molecular weight is 316 g/mol. The predicted octanol–water partition coefficient (Wildman–Crippen LogP) is 2.15. The van der Waals surface area contributed by atoms with Crippen LogP contribution in [0.2, 0.25) is 0 Å². The van der Waals surface area contributed by atoms with Crippen LogP contribution in [-0.4, -0.2) is 47.7 Å². The summed E-state index contributed by atoms with van der Waals surface area (Å²) in [6, 6.07) is 3.96. The molecule has 1 fully saturated rings. The maximum atomic E-state index is 5.66. The highest BCUT2D eigenvalue weighted by Gasteiger charge is 2.14. The van der Waals surface area contributed by atoms with Crippen LogP contribution in [0.25, 0.3) is 11.3 Å². The molecule has 0 bridgehead atoms. The summed E-state index contributed by atoms with van der Waals surface area (Å²) in [6.07, 6.45) is 9.09. The number of ether oxygens (including phenoxy) is 2. The fraction of sp³-hybridized carbons (Fsp3) is 0.529. The summed E-state index contributed by atoms with van der Waals surface area (Å²) in [5.41, 5.74) is 3.24. The van der Waals surface area contributed by atoms with E-state index in [2.05, 4.69) is 20.5 Å². The third kappa shape index (κ3) is 4.86. The molecule has 0 radical (unpaired) electrons. The molecule has 1 atom stereocenters. The number of H-pyrrole nitrogens is 1. The number of nitrogens with one attached hydrogen (secondary N) is 2. The van der Waals surface area contributed by atoms with E-state index in [1.165, 1.54) is 6.42 Å². The molecule has 6 nitrogen and oxygen atoms in total. The van der Waals surface area contributed by atoms with Crippen LogP contribution in [0.15, 0.2) is 30.7 Å². The van der Waals surface area contributed by atoms with Crippen molar-refractivity contribution < 1.29 is 9.47 Å². The molecule has 23 heavy (non-hydrogen) atoms. The second kappa shape index (κ2) is 8.76. The van der Waals surface area contributed by atoms with E-state index in [0.717, 1.165) is 62.6 Å². The maximum absolute atomic E-state index is 5.66. The van der Waals surface area contributed by atoms with Gasteiger partial charge in [0.15, 0.2) is 0 Å². The zero-order valence-electron chi connectivity index (χ0n) is 13.3. The van der Waals surface area contributed by atoms with Crippen LogP contribution in [0.5, 0.6) is 0 Å². The first kappa shape index (κ1) is 16.1. The Bertz CT molecular complexity index is 567. The average Bonchev–Trinajstić information content (AvgIpc) is 3.26. The quantitative estimate of drug-likeness (QED) is 0.694. The third-order valence-electron chi connectivity index (χ3n) is 3.95. The monoisotopic (exact) mass is 316 g/mol. The summed E-state index contributed by atoms with van der Waals surface area (Å²) in [4.78, 5) is 4.15. The highest BCUT2D eigenvalue weighted by molar-refractivity contribution is 5.61. The molecular weight excluding hydrogens is 292 g/mol. The van der Waals surface area contributed by atoms with Gasteiger partial charge in [-0.05, 0) is 37.9 Å². The lowest BCUT2D eigenvalue weighted by molar-refractivity contribution is 0.0166. The van der Waals surface area contributed by atoms with Crippen LogP contribution < -0.4 is 5.32 Å². The van der Waals surface area contributed by atoms with E-state index in [9.17, 15) is 0 Å². The van der Waals surface area contributed by atoms with Gasteiger partial charge in [0.25, 0.3) is 0 Å². The Kier molecular flexibility index (Phi) is 6.14. The van der Waals surface area contributed by atoms with Crippen LogP contribution in [0, 0.1) is 0 Å². The van der Waals surface area contributed by atoms with Gasteiger partial charge in [0.1, 0.15) is 0 Å². The molecule has 0 aromatic carbocycles. The molecule has 3 rings (SSSR count). The zero-order chi connectivity index (χ0) is 15.7. The molecule has 1 aliphatic rings. The molecule has 1 aliphatic heterocycles. The van der Waals surface area contributed by atoms with Crippen molar-refractivity contribution in [3.05, 3.63) is 36.3 Å². The molecular formula is C17H24N4O2. The van der Waals surface area contributed by atoms with Crippen LogP contribution in [0.4, 0.5) is 0 Å². The molecule has 0 spiro atoms. The lowest BCUT2D eigenvalue weighted by Gasteiger charge is -2.10. The number of pyridine rings is 1. The van der Waals surface area contributed by atoms with Gasteiger partial charge < -0.3 is 14.8 Å². The molecule has 124 valence electrons. The summed E-state index contributed by atoms with van der Waals surface area (Å²) in [5.74, 6) is 0. The molecule has 3 heterocycles. The lowest BCUT2D eigenvalue weighted by Crippen LogP contribution is -2.19.